The number of tetrazole rings is 1. The summed E-state index contributed by atoms with van der Waals surface area (Å²) >= 11 is 0. The first-order valence-electron chi connectivity index (χ1n) is 5.43. The largest absolute Gasteiger partial charge is 0.497 e. The Balaban J connectivity index is 2.57. The Kier molecular flexibility index (Phi) is 3.42. The van der Waals surface area contributed by atoms with Gasteiger partial charge in [-0.1, -0.05) is 0 Å². The number of ether oxygens (including phenoxy) is 2. The maximum Gasteiger partial charge on any atom is 0.173 e. The Labute approximate surface area is 104 Å². The summed E-state index contributed by atoms with van der Waals surface area (Å²) in [4.78, 5) is 0. The molecule has 7 heteroatoms. The number of hydrogen-bond acceptors (Lipinski definition) is 6. The van der Waals surface area contributed by atoms with Gasteiger partial charge in [-0.2, -0.15) is 4.68 Å². The van der Waals surface area contributed by atoms with Crippen molar-refractivity contribution in [2.75, 3.05) is 14.2 Å². The van der Waals surface area contributed by atoms with Crippen LogP contribution in [0, 0.1) is 0 Å². The average molecular weight is 249 g/mol. The van der Waals surface area contributed by atoms with Gasteiger partial charge in [0.2, 0.25) is 0 Å². The minimum atomic E-state index is -0.282. The molecular weight excluding hydrogens is 234 g/mol. The van der Waals surface area contributed by atoms with Crippen LogP contribution in [0.25, 0.3) is 5.69 Å². The molecule has 0 spiro atoms. The van der Waals surface area contributed by atoms with E-state index >= 15 is 0 Å². The number of nitrogens with two attached hydrogens (primary N) is 1. The van der Waals surface area contributed by atoms with Crippen LogP contribution in [0.5, 0.6) is 11.5 Å². The van der Waals surface area contributed by atoms with E-state index in [1.165, 1.54) is 0 Å². The van der Waals surface area contributed by atoms with Gasteiger partial charge >= 0.3 is 0 Å². The fraction of sp³-hybridized carbons (Fsp3) is 0.364. The second-order valence-electron chi connectivity index (χ2n) is 3.78. The molecule has 1 unspecified atom stereocenters. The molecule has 0 aliphatic heterocycles. The van der Waals surface area contributed by atoms with Crippen molar-refractivity contribution in [2.24, 2.45) is 5.73 Å². The molecule has 96 valence electrons. The van der Waals surface area contributed by atoms with Gasteiger partial charge < -0.3 is 15.2 Å². The van der Waals surface area contributed by atoms with Crippen LogP contribution < -0.4 is 15.2 Å². The summed E-state index contributed by atoms with van der Waals surface area (Å²) in [6, 6.07) is 5.11. The fourth-order valence-corrected chi connectivity index (χ4v) is 1.61. The number of methoxy groups -OCH3 is 2. The number of hydrogen-bond donors (Lipinski definition) is 1. The van der Waals surface area contributed by atoms with Gasteiger partial charge in [-0.3, -0.25) is 0 Å². The highest BCUT2D eigenvalue weighted by molar-refractivity contribution is 5.51. The monoisotopic (exact) mass is 249 g/mol. The Bertz CT molecular complexity index is 538. The fourth-order valence-electron chi connectivity index (χ4n) is 1.61. The van der Waals surface area contributed by atoms with Gasteiger partial charge in [-0.25, -0.2) is 0 Å². The predicted octanol–water partition coefficient (Wildman–Crippen LogP) is 0.699. The number of aromatic nitrogens is 4. The first-order chi connectivity index (χ1) is 8.67. The summed E-state index contributed by atoms with van der Waals surface area (Å²) < 4.78 is 12.0. The molecule has 2 N–H and O–H groups in total. The van der Waals surface area contributed by atoms with E-state index in [0.717, 1.165) is 0 Å². The lowest BCUT2D eigenvalue weighted by Gasteiger charge is -2.12. The molecule has 1 atom stereocenters. The van der Waals surface area contributed by atoms with Crippen molar-refractivity contribution < 1.29 is 9.47 Å². The molecule has 1 aromatic heterocycles. The second kappa shape index (κ2) is 5.01. The average Bonchev–Trinajstić information content (AvgIpc) is 2.87. The van der Waals surface area contributed by atoms with Crippen LogP contribution in [0.15, 0.2) is 18.2 Å². The molecule has 0 amide bonds. The molecule has 2 rings (SSSR count). The maximum absolute atomic E-state index is 5.82. The third-order valence-corrected chi connectivity index (χ3v) is 2.52. The summed E-state index contributed by atoms with van der Waals surface area (Å²) in [5.74, 6) is 1.89. The summed E-state index contributed by atoms with van der Waals surface area (Å²) in [5.41, 5.74) is 6.51. The third kappa shape index (κ3) is 2.12. The maximum atomic E-state index is 5.82. The minimum absolute atomic E-state index is 0.282. The van der Waals surface area contributed by atoms with Crippen LogP contribution in [0.2, 0.25) is 0 Å². The number of benzene rings is 1. The summed E-state index contributed by atoms with van der Waals surface area (Å²) in [5, 5.41) is 11.5. The van der Waals surface area contributed by atoms with E-state index < -0.39 is 0 Å². The highest BCUT2D eigenvalue weighted by Gasteiger charge is 2.16. The van der Waals surface area contributed by atoms with Gasteiger partial charge in [0.05, 0.1) is 20.3 Å². The molecule has 1 heterocycles. The Morgan fingerprint density at radius 3 is 2.67 bits per heavy atom. The molecule has 0 aliphatic carbocycles. The molecule has 0 bridgehead atoms. The van der Waals surface area contributed by atoms with Crippen LogP contribution in [-0.4, -0.2) is 34.4 Å². The first kappa shape index (κ1) is 12.3. The minimum Gasteiger partial charge on any atom is -0.497 e. The van der Waals surface area contributed by atoms with Gasteiger partial charge in [0.1, 0.15) is 17.2 Å². The van der Waals surface area contributed by atoms with Gasteiger partial charge in [0, 0.05) is 6.07 Å². The smallest absolute Gasteiger partial charge is 0.173 e. The van der Waals surface area contributed by atoms with E-state index in [9.17, 15) is 0 Å². The van der Waals surface area contributed by atoms with E-state index in [0.29, 0.717) is 23.0 Å². The summed E-state index contributed by atoms with van der Waals surface area (Å²) in [6.07, 6.45) is 0. The molecule has 0 saturated heterocycles. The molecule has 0 radical (unpaired) electrons. The van der Waals surface area contributed by atoms with Crippen LogP contribution in [-0.2, 0) is 0 Å². The van der Waals surface area contributed by atoms with E-state index in [-0.39, 0.29) is 6.04 Å². The molecule has 2 aromatic rings. The number of rotatable bonds is 4. The highest BCUT2D eigenvalue weighted by atomic mass is 16.5. The normalized spacial score (nSPS) is 12.2. The first-order valence-corrected chi connectivity index (χ1v) is 5.43. The van der Waals surface area contributed by atoms with Crippen LogP contribution in [0.1, 0.15) is 18.8 Å². The lowest BCUT2D eigenvalue weighted by atomic mass is 10.2. The van der Waals surface area contributed by atoms with Gasteiger partial charge in [-0.05, 0) is 29.5 Å². The van der Waals surface area contributed by atoms with Crippen LogP contribution >= 0.6 is 0 Å². The third-order valence-electron chi connectivity index (χ3n) is 2.52. The standard InChI is InChI=1S/C11H15N5O2/c1-7(12)11-13-14-15-16(11)9-6-8(17-2)4-5-10(9)18-3/h4-7H,12H2,1-3H3. The topological polar surface area (TPSA) is 88.1 Å². The van der Waals surface area contributed by atoms with E-state index in [4.69, 9.17) is 15.2 Å². The quantitative estimate of drug-likeness (QED) is 0.858. The second-order valence-corrected chi connectivity index (χ2v) is 3.78. The zero-order chi connectivity index (χ0) is 13.1. The van der Waals surface area contributed by atoms with Gasteiger partial charge in [0.15, 0.2) is 5.82 Å². The van der Waals surface area contributed by atoms with Crippen LogP contribution in [0.4, 0.5) is 0 Å². The van der Waals surface area contributed by atoms with E-state index in [1.807, 2.05) is 6.92 Å². The molecule has 18 heavy (non-hydrogen) atoms. The van der Waals surface area contributed by atoms with E-state index in [1.54, 1.807) is 37.1 Å². The lowest BCUT2D eigenvalue weighted by molar-refractivity contribution is 0.399. The van der Waals surface area contributed by atoms with Crippen molar-refractivity contribution in [1.82, 2.24) is 20.2 Å². The molecule has 1 aromatic carbocycles. The number of nitrogens with zero attached hydrogens (tertiary/aromatic N) is 4. The Morgan fingerprint density at radius 2 is 2.06 bits per heavy atom. The van der Waals surface area contributed by atoms with Gasteiger partial charge in [0.25, 0.3) is 0 Å². The Morgan fingerprint density at radius 1 is 1.28 bits per heavy atom. The zero-order valence-electron chi connectivity index (χ0n) is 10.5. The molecule has 0 aliphatic rings. The van der Waals surface area contributed by atoms with Crippen molar-refractivity contribution in [3.8, 4) is 17.2 Å². The summed E-state index contributed by atoms with van der Waals surface area (Å²) in [7, 11) is 3.18. The van der Waals surface area contributed by atoms with Crippen molar-refractivity contribution >= 4 is 0 Å². The molecule has 0 saturated carbocycles. The molecule has 0 fully saturated rings. The van der Waals surface area contributed by atoms with Crippen molar-refractivity contribution in [3.05, 3.63) is 24.0 Å². The zero-order valence-corrected chi connectivity index (χ0v) is 10.5. The lowest BCUT2D eigenvalue weighted by Crippen LogP contribution is -2.14. The highest BCUT2D eigenvalue weighted by Crippen LogP contribution is 2.28. The van der Waals surface area contributed by atoms with E-state index in [2.05, 4.69) is 15.5 Å². The van der Waals surface area contributed by atoms with Crippen LogP contribution in [0.3, 0.4) is 0 Å². The molecular formula is C11H15N5O2. The van der Waals surface area contributed by atoms with Crippen molar-refractivity contribution in [3.63, 3.8) is 0 Å². The summed E-state index contributed by atoms with van der Waals surface area (Å²) in [6.45, 7) is 1.81. The van der Waals surface area contributed by atoms with Crippen molar-refractivity contribution in [2.45, 2.75) is 13.0 Å². The molecule has 7 nitrogen and oxygen atoms in total. The predicted molar refractivity (Wildman–Crippen MR) is 64.9 cm³/mol. The Hall–Kier alpha value is -2.15. The van der Waals surface area contributed by atoms with Crippen molar-refractivity contribution in [1.29, 1.82) is 0 Å². The SMILES string of the molecule is COc1ccc(OC)c(-n2nnnc2C(C)N)c1. The van der Waals surface area contributed by atoms with Gasteiger partial charge in [-0.15, -0.1) is 5.10 Å².